The molecular formula is C12H15F3N2S. The van der Waals surface area contributed by atoms with Crippen molar-refractivity contribution in [3.8, 4) is 0 Å². The van der Waals surface area contributed by atoms with Crippen molar-refractivity contribution in [3.63, 3.8) is 0 Å². The van der Waals surface area contributed by atoms with Crippen molar-refractivity contribution in [1.29, 1.82) is 0 Å². The molecule has 0 saturated carbocycles. The van der Waals surface area contributed by atoms with E-state index in [9.17, 15) is 13.2 Å². The zero-order chi connectivity index (χ0) is 13.2. The number of nitrogens with one attached hydrogen (secondary N) is 1. The monoisotopic (exact) mass is 276 g/mol. The van der Waals surface area contributed by atoms with Crippen LogP contribution in [0.5, 0.6) is 0 Å². The SMILES string of the molecule is Nc1cc(C(F)(F)F)ccc1SCC1CCCN1. The highest BCUT2D eigenvalue weighted by Gasteiger charge is 2.30. The molecule has 18 heavy (non-hydrogen) atoms. The van der Waals surface area contributed by atoms with Crippen LogP contribution in [-0.2, 0) is 6.18 Å². The van der Waals surface area contributed by atoms with Crippen LogP contribution in [0.4, 0.5) is 18.9 Å². The van der Waals surface area contributed by atoms with Gasteiger partial charge >= 0.3 is 6.18 Å². The lowest BCUT2D eigenvalue weighted by atomic mass is 10.2. The molecule has 1 heterocycles. The van der Waals surface area contributed by atoms with Crippen LogP contribution in [0.3, 0.4) is 0 Å². The molecule has 0 spiro atoms. The van der Waals surface area contributed by atoms with Gasteiger partial charge in [-0.25, -0.2) is 0 Å². The summed E-state index contributed by atoms with van der Waals surface area (Å²) in [6, 6.07) is 3.99. The number of anilines is 1. The first-order chi connectivity index (χ1) is 8.47. The Hall–Kier alpha value is -0.880. The van der Waals surface area contributed by atoms with Crippen molar-refractivity contribution in [2.45, 2.75) is 30.0 Å². The minimum atomic E-state index is -4.33. The van der Waals surface area contributed by atoms with E-state index < -0.39 is 11.7 Å². The van der Waals surface area contributed by atoms with Gasteiger partial charge in [-0.2, -0.15) is 13.2 Å². The molecule has 3 N–H and O–H groups in total. The van der Waals surface area contributed by atoms with E-state index >= 15 is 0 Å². The van der Waals surface area contributed by atoms with Crippen LogP contribution < -0.4 is 11.1 Å². The summed E-state index contributed by atoms with van der Waals surface area (Å²) in [6.07, 6.45) is -2.05. The van der Waals surface area contributed by atoms with E-state index in [1.54, 1.807) is 0 Å². The molecule has 0 aromatic heterocycles. The molecule has 2 nitrogen and oxygen atoms in total. The van der Waals surface area contributed by atoms with Gasteiger partial charge in [-0.3, -0.25) is 0 Å². The molecule has 1 aliphatic rings. The van der Waals surface area contributed by atoms with Gasteiger partial charge in [-0.05, 0) is 37.6 Å². The normalized spacial score (nSPS) is 20.3. The fraction of sp³-hybridized carbons (Fsp3) is 0.500. The summed E-state index contributed by atoms with van der Waals surface area (Å²) in [6.45, 7) is 1.02. The average Bonchev–Trinajstić information content (AvgIpc) is 2.79. The number of halogens is 3. The molecule has 1 aromatic carbocycles. The highest BCUT2D eigenvalue weighted by molar-refractivity contribution is 7.99. The highest BCUT2D eigenvalue weighted by atomic mass is 32.2. The van der Waals surface area contributed by atoms with E-state index in [1.807, 2.05) is 0 Å². The summed E-state index contributed by atoms with van der Waals surface area (Å²) >= 11 is 1.51. The van der Waals surface area contributed by atoms with E-state index in [1.165, 1.54) is 17.8 Å². The maximum atomic E-state index is 12.5. The minimum absolute atomic E-state index is 0.202. The molecule has 6 heteroatoms. The van der Waals surface area contributed by atoms with E-state index in [4.69, 9.17) is 5.73 Å². The van der Waals surface area contributed by atoms with Crippen LogP contribution in [0.15, 0.2) is 23.1 Å². The van der Waals surface area contributed by atoms with E-state index in [0.29, 0.717) is 6.04 Å². The van der Waals surface area contributed by atoms with Gasteiger partial charge in [-0.1, -0.05) is 0 Å². The number of hydrogen-bond donors (Lipinski definition) is 2. The molecule has 1 aliphatic heterocycles. The summed E-state index contributed by atoms with van der Waals surface area (Å²) in [5.74, 6) is 0.843. The summed E-state index contributed by atoms with van der Waals surface area (Å²) in [7, 11) is 0. The molecular weight excluding hydrogens is 261 g/mol. The van der Waals surface area contributed by atoms with Crippen molar-refractivity contribution in [3.05, 3.63) is 23.8 Å². The largest absolute Gasteiger partial charge is 0.416 e. The third-order valence-corrected chi connectivity index (χ3v) is 4.19. The van der Waals surface area contributed by atoms with Crippen molar-refractivity contribution < 1.29 is 13.2 Å². The average molecular weight is 276 g/mol. The molecule has 1 aromatic rings. The topological polar surface area (TPSA) is 38.0 Å². The number of rotatable bonds is 3. The summed E-state index contributed by atoms with van der Waals surface area (Å²) in [5, 5.41) is 3.34. The Kier molecular flexibility index (Phi) is 4.07. The predicted octanol–water partition coefficient (Wildman–Crippen LogP) is 3.13. The number of hydrogen-bond acceptors (Lipinski definition) is 3. The van der Waals surface area contributed by atoms with Gasteiger partial charge in [-0.15, -0.1) is 11.8 Å². The van der Waals surface area contributed by atoms with Crippen LogP contribution in [0.25, 0.3) is 0 Å². The summed E-state index contributed by atoms with van der Waals surface area (Å²) in [5.41, 5.74) is 5.17. The number of alkyl halides is 3. The van der Waals surface area contributed by atoms with Crippen LogP contribution in [-0.4, -0.2) is 18.3 Å². The minimum Gasteiger partial charge on any atom is -0.398 e. The smallest absolute Gasteiger partial charge is 0.398 e. The van der Waals surface area contributed by atoms with Crippen LogP contribution in [0.2, 0.25) is 0 Å². The highest BCUT2D eigenvalue weighted by Crippen LogP contribution is 2.34. The van der Waals surface area contributed by atoms with E-state index in [2.05, 4.69) is 5.32 Å². The number of nitrogens with two attached hydrogens (primary N) is 1. The number of benzene rings is 1. The van der Waals surface area contributed by atoms with E-state index in [-0.39, 0.29) is 5.69 Å². The lowest BCUT2D eigenvalue weighted by Crippen LogP contribution is -2.23. The molecule has 1 saturated heterocycles. The molecule has 2 rings (SSSR count). The van der Waals surface area contributed by atoms with E-state index in [0.717, 1.165) is 42.2 Å². The standard InChI is InChI=1S/C12H15F3N2S/c13-12(14,15)8-3-4-11(10(16)6-8)18-7-9-2-1-5-17-9/h3-4,6,9,17H,1-2,5,7,16H2. The number of nitrogen functional groups attached to an aromatic ring is 1. The Balaban J connectivity index is 2.01. The first kappa shape index (κ1) is 13.5. The summed E-state index contributed by atoms with van der Waals surface area (Å²) < 4.78 is 37.4. The van der Waals surface area contributed by atoms with Crippen LogP contribution in [0, 0.1) is 0 Å². The lowest BCUT2D eigenvalue weighted by molar-refractivity contribution is -0.137. The maximum Gasteiger partial charge on any atom is 0.416 e. The molecule has 1 atom stereocenters. The Bertz CT molecular complexity index is 414. The predicted molar refractivity (Wildman–Crippen MR) is 67.6 cm³/mol. The number of thioether (sulfide) groups is 1. The quantitative estimate of drug-likeness (QED) is 0.658. The summed E-state index contributed by atoms with van der Waals surface area (Å²) in [4.78, 5) is 0.719. The zero-order valence-electron chi connectivity index (χ0n) is 9.76. The van der Waals surface area contributed by atoms with Crippen molar-refractivity contribution in [2.75, 3.05) is 18.0 Å². The van der Waals surface area contributed by atoms with Gasteiger partial charge in [0, 0.05) is 22.4 Å². The molecule has 0 amide bonds. The Morgan fingerprint density at radius 1 is 1.39 bits per heavy atom. The van der Waals surface area contributed by atoms with Crippen molar-refractivity contribution in [2.24, 2.45) is 0 Å². The van der Waals surface area contributed by atoms with Crippen LogP contribution >= 0.6 is 11.8 Å². The molecule has 100 valence electrons. The Morgan fingerprint density at radius 2 is 2.17 bits per heavy atom. The molecule has 1 fully saturated rings. The second kappa shape index (κ2) is 5.40. The van der Waals surface area contributed by atoms with Crippen molar-refractivity contribution in [1.82, 2.24) is 5.32 Å². The van der Waals surface area contributed by atoms with Gasteiger partial charge < -0.3 is 11.1 Å². The molecule has 0 radical (unpaired) electrons. The third kappa shape index (κ3) is 3.32. The maximum absolute atomic E-state index is 12.5. The lowest BCUT2D eigenvalue weighted by Gasteiger charge is -2.13. The molecule has 1 unspecified atom stereocenters. The second-order valence-electron chi connectivity index (χ2n) is 4.35. The second-order valence-corrected chi connectivity index (χ2v) is 5.42. The third-order valence-electron chi connectivity index (χ3n) is 2.94. The van der Waals surface area contributed by atoms with Gasteiger partial charge in [0.25, 0.3) is 0 Å². The van der Waals surface area contributed by atoms with Gasteiger partial charge in [0.1, 0.15) is 0 Å². The first-order valence-corrected chi connectivity index (χ1v) is 6.78. The molecule has 0 bridgehead atoms. The Morgan fingerprint density at radius 3 is 2.72 bits per heavy atom. The Labute approximate surface area is 108 Å². The fourth-order valence-corrected chi connectivity index (χ4v) is 3.00. The molecule has 0 aliphatic carbocycles. The van der Waals surface area contributed by atoms with Gasteiger partial charge in [0.15, 0.2) is 0 Å². The zero-order valence-corrected chi connectivity index (χ0v) is 10.6. The first-order valence-electron chi connectivity index (χ1n) is 5.80. The van der Waals surface area contributed by atoms with Crippen molar-refractivity contribution >= 4 is 17.4 Å². The van der Waals surface area contributed by atoms with Gasteiger partial charge in [0.05, 0.1) is 5.56 Å². The van der Waals surface area contributed by atoms with Crippen LogP contribution in [0.1, 0.15) is 18.4 Å². The van der Waals surface area contributed by atoms with Gasteiger partial charge in [0.2, 0.25) is 0 Å². The fourth-order valence-electron chi connectivity index (χ4n) is 1.95.